The van der Waals surface area contributed by atoms with Crippen molar-refractivity contribution in [2.24, 2.45) is 17.6 Å². The Bertz CT molecular complexity index is 982. The number of carbonyl (C=O) groups excluding carboxylic acids is 3. The van der Waals surface area contributed by atoms with Crippen molar-refractivity contribution in [2.75, 3.05) is 13.2 Å². The number of hydrogen-bond donors (Lipinski definition) is 2. The number of rotatable bonds is 18. The van der Waals surface area contributed by atoms with Gasteiger partial charge in [-0.15, -0.1) is 0 Å². The van der Waals surface area contributed by atoms with Crippen molar-refractivity contribution in [3.05, 3.63) is 23.8 Å². The Balaban J connectivity index is 3.25. The summed E-state index contributed by atoms with van der Waals surface area (Å²) < 4.78 is 26.5. The van der Waals surface area contributed by atoms with Crippen LogP contribution < -0.4 is 15.2 Å². The van der Waals surface area contributed by atoms with Crippen LogP contribution in [-0.4, -0.2) is 54.7 Å². The van der Waals surface area contributed by atoms with Crippen LogP contribution >= 0.6 is 0 Å². The maximum atomic E-state index is 12.5. The van der Waals surface area contributed by atoms with Crippen molar-refractivity contribution in [1.82, 2.24) is 0 Å². The summed E-state index contributed by atoms with van der Waals surface area (Å²) >= 11 is 0. The monoisotopic (exact) mass is 581 g/mol. The molecule has 0 saturated carbocycles. The molecule has 0 spiro atoms. The summed E-state index contributed by atoms with van der Waals surface area (Å²) in [6.45, 7) is 11.7. The van der Waals surface area contributed by atoms with Gasteiger partial charge >= 0.3 is 24.2 Å². The first-order valence-corrected chi connectivity index (χ1v) is 14.4. The van der Waals surface area contributed by atoms with Crippen LogP contribution in [0.25, 0.3) is 0 Å². The minimum atomic E-state index is -1.37. The Hall–Kier alpha value is -3.34. The molecule has 0 heterocycles. The highest BCUT2D eigenvalue weighted by atomic mass is 16.7. The van der Waals surface area contributed by atoms with E-state index in [9.17, 15) is 24.3 Å². The predicted octanol–water partition coefficient (Wildman–Crippen LogP) is 6.21. The summed E-state index contributed by atoms with van der Waals surface area (Å²) in [5, 5.41) is 9.69. The second-order valence-electron chi connectivity index (χ2n) is 10.5. The Kier molecular flexibility index (Phi) is 16.5. The van der Waals surface area contributed by atoms with Gasteiger partial charge in [0.25, 0.3) is 0 Å². The molecule has 41 heavy (non-hydrogen) atoms. The van der Waals surface area contributed by atoms with Crippen LogP contribution in [0.5, 0.6) is 11.5 Å². The zero-order valence-electron chi connectivity index (χ0n) is 25.2. The molecule has 1 aromatic rings. The smallest absolute Gasteiger partial charge is 0.480 e. The zero-order valence-corrected chi connectivity index (χ0v) is 25.2. The lowest BCUT2D eigenvalue weighted by atomic mass is 9.87. The summed E-state index contributed by atoms with van der Waals surface area (Å²) in [5.41, 5.74) is 6.41. The van der Waals surface area contributed by atoms with E-state index in [0.29, 0.717) is 12.0 Å². The fourth-order valence-electron chi connectivity index (χ4n) is 3.68. The molecular formula is C30H47NO10. The van der Waals surface area contributed by atoms with Gasteiger partial charge in [-0.05, 0) is 49.3 Å². The van der Waals surface area contributed by atoms with Crippen molar-refractivity contribution in [1.29, 1.82) is 0 Å². The van der Waals surface area contributed by atoms with E-state index >= 15 is 0 Å². The number of nitrogens with two attached hydrogens (primary N) is 1. The highest BCUT2D eigenvalue weighted by Gasteiger charge is 2.30. The summed E-state index contributed by atoms with van der Waals surface area (Å²) in [6.07, 6.45) is 1.86. The quantitative estimate of drug-likeness (QED) is 0.0878. The van der Waals surface area contributed by atoms with E-state index in [1.165, 1.54) is 18.2 Å². The molecule has 0 aliphatic heterocycles. The second-order valence-corrected chi connectivity index (χ2v) is 10.5. The molecule has 232 valence electrons. The molecule has 4 unspecified atom stereocenters. The maximum Gasteiger partial charge on any atom is 0.513 e. The van der Waals surface area contributed by atoms with E-state index in [-0.39, 0.29) is 55.4 Å². The van der Waals surface area contributed by atoms with Crippen LogP contribution in [0, 0.1) is 11.8 Å². The molecule has 0 aliphatic carbocycles. The molecule has 11 heteroatoms. The number of ether oxygens (including phenoxy) is 5. The van der Waals surface area contributed by atoms with E-state index in [1.807, 2.05) is 34.6 Å². The van der Waals surface area contributed by atoms with Crippen LogP contribution in [-0.2, 0) is 23.8 Å². The fourth-order valence-corrected chi connectivity index (χ4v) is 3.68. The number of unbranched alkanes of at least 4 members (excludes halogenated alkanes) is 2. The van der Waals surface area contributed by atoms with E-state index < -0.39 is 36.3 Å². The molecule has 0 bridgehead atoms. The molecule has 0 fully saturated rings. The number of hydrogen-bond acceptors (Lipinski definition) is 10. The van der Waals surface area contributed by atoms with Crippen molar-refractivity contribution >= 4 is 24.2 Å². The van der Waals surface area contributed by atoms with Gasteiger partial charge in [-0.25, -0.2) is 9.59 Å². The zero-order chi connectivity index (χ0) is 30.9. The van der Waals surface area contributed by atoms with Gasteiger partial charge in [-0.1, -0.05) is 66.4 Å². The van der Waals surface area contributed by atoms with E-state index in [1.54, 1.807) is 6.92 Å². The van der Waals surface area contributed by atoms with Crippen molar-refractivity contribution in [3.8, 4) is 11.5 Å². The standard InChI is InChI=1S/C30H47NO10/c1-7-10-11-12-26(32)39-21(6)15-23(27(31)28(33)34)22-13-14-24(40-29(35)37-17-19(4)8-2)25(16-22)41-30(36)38-18-20(5)9-3/h13-14,16,19-21,23,27H,7-12,15,17-18,31H2,1-6H3,(H,33,34)/t19?,20?,21?,23?,27-/m0/s1. The first-order chi connectivity index (χ1) is 19.4. The number of aliphatic carboxylic acids is 1. The number of carboxylic acid groups (broad SMARTS) is 1. The third-order valence-electron chi connectivity index (χ3n) is 6.77. The Morgan fingerprint density at radius 2 is 1.41 bits per heavy atom. The van der Waals surface area contributed by atoms with Crippen LogP contribution in [0.15, 0.2) is 18.2 Å². The highest BCUT2D eigenvalue weighted by molar-refractivity contribution is 5.75. The van der Waals surface area contributed by atoms with Crippen LogP contribution in [0.2, 0.25) is 0 Å². The SMILES string of the molecule is CCCCCC(=O)OC(C)CC(c1ccc(OC(=O)OCC(C)CC)c(OC(=O)OCC(C)CC)c1)[C@H](N)C(=O)O. The lowest BCUT2D eigenvalue weighted by Crippen LogP contribution is -2.38. The van der Waals surface area contributed by atoms with Gasteiger partial charge in [0.05, 0.1) is 19.3 Å². The average molecular weight is 582 g/mol. The molecule has 3 N–H and O–H groups in total. The van der Waals surface area contributed by atoms with E-state index in [0.717, 1.165) is 25.7 Å². The van der Waals surface area contributed by atoms with Crippen molar-refractivity contribution in [2.45, 2.75) is 105 Å². The molecule has 0 amide bonds. The molecule has 0 aromatic heterocycles. The lowest BCUT2D eigenvalue weighted by molar-refractivity contribution is -0.149. The van der Waals surface area contributed by atoms with Gasteiger partial charge in [0.15, 0.2) is 11.5 Å². The van der Waals surface area contributed by atoms with Gasteiger partial charge in [0, 0.05) is 12.3 Å². The van der Waals surface area contributed by atoms with E-state index in [2.05, 4.69) is 0 Å². The van der Waals surface area contributed by atoms with Crippen LogP contribution in [0.4, 0.5) is 9.59 Å². The molecule has 11 nitrogen and oxygen atoms in total. The molecular weight excluding hydrogens is 534 g/mol. The molecule has 0 saturated heterocycles. The third kappa shape index (κ3) is 13.7. The maximum absolute atomic E-state index is 12.5. The van der Waals surface area contributed by atoms with E-state index in [4.69, 9.17) is 29.4 Å². The second kappa shape index (κ2) is 18.9. The summed E-state index contributed by atoms with van der Waals surface area (Å²) in [5.74, 6) is -2.55. The Labute approximate surface area is 243 Å². The summed E-state index contributed by atoms with van der Waals surface area (Å²) in [7, 11) is 0. The van der Waals surface area contributed by atoms with Gasteiger partial charge < -0.3 is 34.5 Å². The molecule has 1 rings (SSSR count). The summed E-state index contributed by atoms with van der Waals surface area (Å²) in [6, 6.07) is 2.87. The van der Waals surface area contributed by atoms with Gasteiger partial charge in [-0.3, -0.25) is 9.59 Å². The van der Waals surface area contributed by atoms with Crippen LogP contribution in [0.3, 0.4) is 0 Å². The minimum Gasteiger partial charge on any atom is -0.480 e. The molecule has 0 aliphatic rings. The summed E-state index contributed by atoms with van der Waals surface area (Å²) in [4.78, 5) is 48.9. The fraction of sp³-hybridized carbons (Fsp3) is 0.667. The molecule has 1 aromatic carbocycles. The Morgan fingerprint density at radius 3 is 1.93 bits per heavy atom. The number of esters is 1. The molecule has 5 atom stereocenters. The first-order valence-electron chi connectivity index (χ1n) is 14.4. The van der Waals surface area contributed by atoms with Gasteiger partial charge in [0.1, 0.15) is 6.04 Å². The van der Waals surface area contributed by atoms with Crippen molar-refractivity contribution < 1.29 is 48.0 Å². The highest BCUT2D eigenvalue weighted by Crippen LogP contribution is 2.35. The lowest BCUT2D eigenvalue weighted by Gasteiger charge is -2.25. The normalized spacial score (nSPS) is 14.6. The Morgan fingerprint density at radius 1 is 0.854 bits per heavy atom. The van der Waals surface area contributed by atoms with Crippen molar-refractivity contribution in [3.63, 3.8) is 0 Å². The minimum absolute atomic E-state index is 0.0854. The number of carbonyl (C=O) groups is 4. The average Bonchev–Trinajstić information content (AvgIpc) is 2.93. The molecule has 0 radical (unpaired) electrons. The predicted molar refractivity (Wildman–Crippen MR) is 152 cm³/mol. The number of benzene rings is 1. The number of carboxylic acids is 1. The first kappa shape index (κ1) is 35.7. The van der Waals surface area contributed by atoms with Crippen LogP contribution in [0.1, 0.15) is 98.0 Å². The van der Waals surface area contributed by atoms with Gasteiger partial charge in [-0.2, -0.15) is 0 Å². The van der Waals surface area contributed by atoms with Gasteiger partial charge in [0.2, 0.25) is 0 Å². The topological polar surface area (TPSA) is 161 Å². The largest absolute Gasteiger partial charge is 0.513 e. The third-order valence-corrected chi connectivity index (χ3v) is 6.77.